The van der Waals surface area contributed by atoms with Gasteiger partial charge in [0.15, 0.2) is 0 Å². The summed E-state index contributed by atoms with van der Waals surface area (Å²) in [7, 11) is 4.76. The van der Waals surface area contributed by atoms with Gasteiger partial charge in [-0.05, 0) is 43.3 Å². The van der Waals surface area contributed by atoms with Gasteiger partial charge in [-0.2, -0.15) is 0 Å². The minimum absolute atomic E-state index is 0.175. The van der Waals surface area contributed by atoms with Crippen molar-refractivity contribution in [3.8, 4) is 38.4 Å². The molecule has 180 valence electrons. The zero-order valence-corrected chi connectivity index (χ0v) is 21.3. The Labute approximate surface area is 211 Å². The summed E-state index contributed by atoms with van der Waals surface area (Å²) >= 11 is 2.86. The summed E-state index contributed by atoms with van der Waals surface area (Å²) in [5, 5.41) is 13.1. The van der Waals surface area contributed by atoms with Gasteiger partial charge < -0.3 is 19.5 Å². The Morgan fingerprint density at radius 3 is 2.49 bits per heavy atom. The van der Waals surface area contributed by atoms with Crippen LogP contribution in [0.1, 0.15) is 5.69 Å². The van der Waals surface area contributed by atoms with Crippen molar-refractivity contribution < 1.29 is 19.0 Å². The molecule has 2 aromatic heterocycles. The van der Waals surface area contributed by atoms with E-state index in [1.165, 1.54) is 11.8 Å². The number of hydrogen-bond donors (Lipinski definition) is 1. The minimum Gasteiger partial charge on any atom is -0.497 e. The van der Waals surface area contributed by atoms with E-state index in [-0.39, 0.29) is 11.7 Å². The summed E-state index contributed by atoms with van der Waals surface area (Å²) in [5.41, 5.74) is 3.19. The zero-order valence-electron chi connectivity index (χ0n) is 19.7. The number of nitrogens with one attached hydrogen (secondary N) is 1. The summed E-state index contributed by atoms with van der Waals surface area (Å²) in [4.78, 5) is 18.1. The van der Waals surface area contributed by atoms with E-state index in [2.05, 4.69) is 15.5 Å². The Morgan fingerprint density at radius 2 is 1.77 bits per heavy atom. The van der Waals surface area contributed by atoms with Crippen LogP contribution in [0.3, 0.4) is 0 Å². The Hall–Kier alpha value is -3.63. The van der Waals surface area contributed by atoms with Crippen LogP contribution in [-0.4, -0.2) is 48.2 Å². The number of benzene rings is 2. The molecular weight excluding hydrogens is 484 g/mol. The molecule has 10 heteroatoms. The lowest BCUT2D eigenvalue weighted by molar-refractivity contribution is -0.113. The zero-order chi connectivity index (χ0) is 24.8. The topological polar surface area (TPSA) is 95.5 Å². The second-order valence-corrected chi connectivity index (χ2v) is 9.32. The van der Waals surface area contributed by atoms with Crippen molar-refractivity contribution in [2.24, 2.45) is 0 Å². The van der Waals surface area contributed by atoms with Gasteiger partial charge in [-0.25, -0.2) is 4.98 Å². The molecule has 2 heterocycles. The lowest BCUT2D eigenvalue weighted by Gasteiger charge is -2.11. The average Bonchev–Trinajstić information content (AvgIpc) is 3.29. The maximum absolute atomic E-state index is 12.4. The first kappa shape index (κ1) is 24.5. The van der Waals surface area contributed by atoms with E-state index in [9.17, 15) is 4.79 Å². The van der Waals surface area contributed by atoms with E-state index in [4.69, 9.17) is 19.2 Å². The number of anilines is 1. The number of aryl methyl sites for hydroxylation is 1. The van der Waals surface area contributed by atoms with Crippen LogP contribution in [0.15, 0.2) is 59.6 Å². The molecule has 0 radical (unpaired) electrons. The number of ether oxygens (including phenoxy) is 3. The summed E-state index contributed by atoms with van der Waals surface area (Å²) in [6.45, 7) is 1.96. The third-order valence-corrected chi connectivity index (χ3v) is 7.17. The van der Waals surface area contributed by atoms with Gasteiger partial charge in [-0.15, -0.1) is 21.5 Å². The predicted octanol–water partition coefficient (Wildman–Crippen LogP) is 5.33. The van der Waals surface area contributed by atoms with E-state index < -0.39 is 0 Å². The lowest BCUT2D eigenvalue weighted by Crippen LogP contribution is -2.14. The molecule has 4 rings (SSSR count). The molecule has 0 aliphatic carbocycles. The van der Waals surface area contributed by atoms with Crippen LogP contribution in [0.5, 0.6) is 17.2 Å². The highest BCUT2D eigenvalue weighted by atomic mass is 32.2. The van der Waals surface area contributed by atoms with Gasteiger partial charge in [0.25, 0.3) is 0 Å². The number of aromatic nitrogens is 3. The highest BCUT2D eigenvalue weighted by Crippen LogP contribution is 2.35. The third kappa shape index (κ3) is 5.90. The molecule has 0 aliphatic rings. The summed E-state index contributed by atoms with van der Waals surface area (Å²) in [5.74, 6) is 1.97. The largest absolute Gasteiger partial charge is 0.497 e. The minimum atomic E-state index is -0.175. The van der Waals surface area contributed by atoms with E-state index in [1.54, 1.807) is 50.9 Å². The van der Waals surface area contributed by atoms with Gasteiger partial charge in [0, 0.05) is 11.6 Å². The molecule has 2 aromatic carbocycles. The number of carbonyl (C=O) groups excluding carboxylic acids is 1. The highest BCUT2D eigenvalue weighted by Gasteiger charge is 2.14. The quantitative estimate of drug-likeness (QED) is 0.303. The second kappa shape index (κ2) is 11.2. The molecule has 1 amide bonds. The number of thioether (sulfide) groups is 1. The first-order valence-electron chi connectivity index (χ1n) is 10.6. The fraction of sp³-hybridized carbons (Fsp3) is 0.200. The predicted molar refractivity (Wildman–Crippen MR) is 139 cm³/mol. The van der Waals surface area contributed by atoms with Crippen LogP contribution in [-0.2, 0) is 4.79 Å². The van der Waals surface area contributed by atoms with Gasteiger partial charge in [0.2, 0.25) is 5.91 Å². The van der Waals surface area contributed by atoms with E-state index in [0.717, 1.165) is 32.6 Å². The molecule has 0 saturated carbocycles. The fourth-order valence-electron chi connectivity index (χ4n) is 3.26. The summed E-state index contributed by atoms with van der Waals surface area (Å²) in [6.07, 6.45) is 0. The molecule has 35 heavy (non-hydrogen) atoms. The highest BCUT2D eigenvalue weighted by molar-refractivity contribution is 7.99. The van der Waals surface area contributed by atoms with Crippen LogP contribution in [0, 0.1) is 6.92 Å². The fourth-order valence-corrected chi connectivity index (χ4v) is 4.90. The van der Waals surface area contributed by atoms with E-state index >= 15 is 0 Å². The number of thiazole rings is 1. The molecule has 0 fully saturated rings. The molecule has 0 saturated heterocycles. The summed E-state index contributed by atoms with van der Waals surface area (Å²) in [6, 6.07) is 16.8. The van der Waals surface area contributed by atoms with Crippen molar-refractivity contribution in [1.29, 1.82) is 0 Å². The van der Waals surface area contributed by atoms with Crippen molar-refractivity contribution in [3.05, 3.63) is 60.3 Å². The van der Waals surface area contributed by atoms with Crippen molar-refractivity contribution in [3.63, 3.8) is 0 Å². The lowest BCUT2D eigenvalue weighted by atomic mass is 10.2. The number of rotatable bonds is 9. The van der Waals surface area contributed by atoms with Gasteiger partial charge in [0.05, 0.1) is 43.3 Å². The monoisotopic (exact) mass is 508 g/mol. The van der Waals surface area contributed by atoms with Crippen LogP contribution in [0.4, 0.5) is 5.69 Å². The first-order valence-corrected chi connectivity index (χ1v) is 12.4. The van der Waals surface area contributed by atoms with Crippen LogP contribution < -0.4 is 19.5 Å². The molecule has 1 N–H and O–H groups in total. The second-order valence-electron chi connectivity index (χ2n) is 7.33. The normalized spacial score (nSPS) is 10.6. The Bertz CT molecular complexity index is 1330. The third-order valence-electron chi connectivity index (χ3n) is 5.02. The average molecular weight is 509 g/mol. The Kier molecular flexibility index (Phi) is 7.84. The van der Waals surface area contributed by atoms with Gasteiger partial charge >= 0.3 is 0 Å². The molecule has 0 unspecified atom stereocenters. The number of carbonyl (C=O) groups is 1. The van der Waals surface area contributed by atoms with Gasteiger partial charge in [-0.3, -0.25) is 4.79 Å². The smallest absolute Gasteiger partial charge is 0.234 e. The standard InChI is InChI=1S/C25H24N4O4S2/c1-15-24(35-25(26-15)16-6-5-7-17(12-16)31-2)20-10-11-23(29-28-20)34-14-22(30)27-19-9-8-18(32-3)13-21(19)33-4/h5-13H,14H2,1-4H3,(H,27,30). The summed E-state index contributed by atoms with van der Waals surface area (Å²) < 4.78 is 15.8. The van der Waals surface area contributed by atoms with E-state index in [1.807, 2.05) is 43.3 Å². The van der Waals surface area contributed by atoms with Crippen LogP contribution >= 0.6 is 23.1 Å². The molecule has 0 aliphatic heterocycles. The number of amides is 1. The number of hydrogen-bond acceptors (Lipinski definition) is 9. The molecule has 8 nitrogen and oxygen atoms in total. The SMILES string of the molecule is COc1cccc(-c2nc(C)c(-c3ccc(SCC(=O)Nc4ccc(OC)cc4OC)nn3)s2)c1. The number of methoxy groups -OCH3 is 3. The Morgan fingerprint density at radius 1 is 0.971 bits per heavy atom. The molecule has 0 spiro atoms. The molecule has 4 aromatic rings. The molecule has 0 bridgehead atoms. The van der Waals surface area contributed by atoms with E-state index in [0.29, 0.717) is 22.2 Å². The number of nitrogens with zero attached hydrogens (tertiary/aromatic N) is 3. The molecule has 0 atom stereocenters. The molecular formula is C25H24N4O4S2. The Balaban J connectivity index is 1.40. The first-order chi connectivity index (χ1) is 17.0. The van der Waals surface area contributed by atoms with Gasteiger partial charge in [-0.1, -0.05) is 23.9 Å². The van der Waals surface area contributed by atoms with Crippen molar-refractivity contribution in [2.75, 3.05) is 32.4 Å². The van der Waals surface area contributed by atoms with Crippen molar-refractivity contribution in [1.82, 2.24) is 15.2 Å². The van der Waals surface area contributed by atoms with Crippen LogP contribution in [0.25, 0.3) is 21.1 Å². The van der Waals surface area contributed by atoms with Crippen LogP contribution in [0.2, 0.25) is 0 Å². The van der Waals surface area contributed by atoms with Gasteiger partial charge in [0.1, 0.15) is 33.0 Å². The van der Waals surface area contributed by atoms with Crippen molar-refractivity contribution in [2.45, 2.75) is 11.9 Å². The van der Waals surface area contributed by atoms with Crippen molar-refractivity contribution >= 4 is 34.7 Å². The maximum atomic E-state index is 12.4. The maximum Gasteiger partial charge on any atom is 0.234 e.